The number of fused-ring (bicyclic) bond motifs is 1. The van der Waals surface area contributed by atoms with Crippen molar-refractivity contribution in [1.82, 2.24) is 9.97 Å². The lowest BCUT2D eigenvalue weighted by Crippen LogP contribution is -2.07. The van der Waals surface area contributed by atoms with E-state index in [4.69, 9.17) is 10.5 Å². The highest BCUT2D eigenvalue weighted by atomic mass is 32.2. The van der Waals surface area contributed by atoms with Crippen molar-refractivity contribution in [3.63, 3.8) is 0 Å². The Labute approximate surface area is 113 Å². The molecule has 0 atom stereocenters. The van der Waals surface area contributed by atoms with E-state index in [-0.39, 0.29) is 17.7 Å². The van der Waals surface area contributed by atoms with E-state index in [0.29, 0.717) is 6.61 Å². The van der Waals surface area contributed by atoms with Gasteiger partial charge in [-0.3, -0.25) is 4.79 Å². The first-order chi connectivity index (χ1) is 8.60. The second kappa shape index (κ2) is 5.53. The second-order valence-electron chi connectivity index (χ2n) is 3.56. The van der Waals surface area contributed by atoms with Crippen LogP contribution in [0.25, 0.3) is 10.2 Å². The van der Waals surface area contributed by atoms with Crippen molar-refractivity contribution in [1.29, 1.82) is 0 Å². The van der Waals surface area contributed by atoms with Gasteiger partial charge in [-0.2, -0.15) is 0 Å². The summed E-state index contributed by atoms with van der Waals surface area (Å²) in [6.07, 6.45) is 0. The Morgan fingerprint density at radius 2 is 2.33 bits per heavy atom. The van der Waals surface area contributed by atoms with Crippen molar-refractivity contribution in [3.05, 3.63) is 10.9 Å². The summed E-state index contributed by atoms with van der Waals surface area (Å²) in [7, 11) is 0. The second-order valence-corrected chi connectivity index (χ2v) is 5.76. The van der Waals surface area contributed by atoms with E-state index in [9.17, 15) is 4.79 Å². The van der Waals surface area contributed by atoms with E-state index in [0.717, 1.165) is 20.1 Å². The Morgan fingerprint density at radius 3 is 3.06 bits per heavy atom. The Bertz CT molecular complexity index is 583. The number of hydrogen-bond donors (Lipinski definition) is 1. The summed E-state index contributed by atoms with van der Waals surface area (Å²) < 4.78 is 4.88. The molecule has 96 valence electrons. The number of esters is 1. The predicted octanol–water partition coefficient (Wildman–Crippen LogP) is 2.24. The van der Waals surface area contributed by atoms with Crippen LogP contribution >= 0.6 is 23.1 Å². The van der Waals surface area contributed by atoms with Gasteiger partial charge in [0.15, 0.2) is 0 Å². The summed E-state index contributed by atoms with van der Waals surface area (Å²) >= 11 is 2.89. The number of anilines is 1. The third-order valence-corrected chi connectivity index (χ3v) is 4.04. The summed E-state index contributed by atoms with van der Waals surface area (Å²) in [6.45, 7) is 4.17. The summed E-state index contributed by atoms with van der Waals surface area (Å²) in [5, 5.41) is 1.68. The topological polar surface area (TPSA) is 78.1 Å². The first kappa shape index (κ1) is 13.1. The van der Waals surface area contributed by atoms with Crippen LogP contribution < -0.4 is 5.73 Å². The van der Waals surface area contributed by atoms with Gasteiger partial charge in [0.25, 0.3) is 0 Å². The molecule has 2 rings (SSSR count). The third kappa shape index (κ3) is 2.91. The standard InChI is InChI=1S/C11H13N3O2S2/c1-3-16-8(15)5-17-9-7-4-6(2)18-10(7)14-11(12)13-9/h4H,3,5H2,1-2H3,(H2,12,13,14). The molecule has 0 saturated carbocycles. The molecule has 0 radical (unpaired) electrons. The highest BCUT2D eigenvalue weighted by Gasteiger charge is 2.12. The molecule has 0 bridgehead atoms. The van der Waals surface area contributed by atoms with E-state index in [1.54, 1.807) is 18.3 Å². The number of thiophene rings is 1. The van der Waals surface area contributed by atoms with Gasteiger partial charge in [-0.15, -0.1) is 11.3 Å². The fraction of sp³-hybridized carbons (Fsp3) is 0.364. The van der Waals surface area contributed by atoms with Crippen LogP contribution in [0.2, 0.25) is 0 Å². The largest absolute Gasteiger partial charge is 0.465 e. The van der Waals surface area contributed by atoms with Crippen LogP contribution in [-0.4, -0.2) is 28.3 Å². The van der Waals surface area contributed by atoms with Gasteiger partial charge >= 0.3 is 5.97 Å². The number of hydrogen-bond acceptors (Lipinski definition) is 7. The first-order valence-corrected chi connectivity index (χ1v) is 7.22. The molecular weight excluding hydrogens is 270 g/mol. The lowest BCUT2D eigenvalue weighted by Gasteiger charge is -2.03. The van der Waals surface area contributed by atoms with Crippen LogP contribution in [0.3, 0.4) is 0 Å². The maximum Gasteiger partial charge on any atom is 0.316 e. The van der Waals surface area contributed by atoms with E-state index < -0.39 is 0 Å². The Kier molecular flexibility index (Phi) is 4.03. The molecule has 0 aliphatic heterocycles. The summed E-state index contributed by atoms with van der Waals surface area (Å²) in [6, 6.07) is 2.01. The highest BCUT2D eigenvalue weighted by Crippen LogP contribution is 2.31. The lowest BCUT2D eigenvalue weighted by molar-refractivity contribution is -0.139. The molecule has 0 fully saturated rings. The number of aromatic nitrogens is 2. The van der Waals surface area contributed by atoms with Crippen molar-refractivity contribution in [2.45, 2.75) is 18.9 Å². The number of nitrogen functional groups attached to an aromatic ring is 1. The number of rotatable bonds is 4. The number of aryl methyl sites for hydroxylation is 1. The van der Waals surface area contributed by atoms with Gasteiger partial charge in [0.2, 0.25) is 5.95 Å². The van der Waals surface area contributed by atoms with Crippen molar-refractivity contribution in [2.24, 2.45) is 0 Å². The zero-order valence-electron chi connectivity index (χ0n) is 10.1. The van der Waals surface area contributed by atoms with Crippen molar-refractivity contribution in [2.75, 3.05) is 18.1 Å². The molecule has 0 aliphatic rings. The fourth-order valence-corrected chi connectivity index (χ4v) is 3.23. The average Bonchev–Trinajstić information content (AvgIpc) is 2.66. The zero-order valence-corrected chi connectivity index (χ0v) is 11.7. The molecule has 0 spiro atoms. The van der Waals surface area contributed by atoms with Crippen LogP contribution in [0.1, 0.15) is 11.8 Å². The highest BCUT2D eigenvalue weighted by molar-refractivity contribution is 8.00. The van der Waals surface area contributed by atoms with Crippen molar-refractivity contribution < 1.29 is 9.53 Å². The number of thioether (sulfide) groups is 1. The molecule has 2 aromatic rings. The van der Waals surface area contributed by atoms with Crippen molar-refractivity contribution in [3.8, 4) is 0 Å². The minimum Gasteiger partial charge on any atom is -0.465 e. The van der Waals surface area contributed by atoms with E-state index in [2.05, 4.69) is 9.97 Å². The lowest BCUT2D eigenvalue weighted by atomic mass is 10.4. The summed E-state index contributed by atoms with van der Waals surface area (Å²) in [5.74, 6) is 0.212. The van der Waals surface area contributed by atoms with Crippen LogP contribution in [0, 0.1) is 6.92 Å². The molecule has 2 aromatic heterocycles. The molecule has 0 aromatic carbocycles. The van der Waals surface area contributed by atoms with E-state index in [1.165, 1.54) is 11.8 Å². The van der Waals surface area contributed by atoms with Gasteiger partial charge in [0, 0.05) is 10.3 Å². The number of ether oxygens (including phenoxy) is 1. The minimum atomic E-state index is -0.250. The minimum absolute atomic E-state index is 0.230. The summed E-state index contributed by atoms with van der Waals surface area (Å²) in [5.41, 5.74) is 5.65. The van der Waals surface area contributed by atoms with Crippen LogP contribution in [0.5, 0.6) is 0 Å². The van der Waals surface area contributed by atoms with Gasteiger partial charge in [-0.25, -0.2) is 9.97 Å². The van der Waals surface area contributed by atoms with Crippen LogP contribution in [0.15, 0.2) is 11.1 Å². The van der Waals surface area contributed by atoms with Gasteiger partial charge in [0.05, 0.1) is 12.4 Å². The molecule has 5 nitrogen and oxygen atoms in total. The first-order valence-electron chi connectivity index (χ1n) is 5.42. The van der Waals surface area contributed by atoms with Crippen LogP contribution in [0.4, 0.5) is 5.95 Å². The Hall–Kier alpha value is -1.34. The Balaban J connectivity index is 2.24. The molecule has 18 heavy (non-hydrogen) atoms. The quantitative estimate of drug-likeness (QED) is 0.526. The van der Waals surface area contributed by atoms with E-state index >= 15 is 0 Å². The average molecular weight is 283 g/mol. The van der Waals surface area contributed by atoms with Gasteiger partial charge < -0.3 is 10.5 Å². The number of carbonyl (C=O) groups is 1. The SMILES string of the molecule is CCOC(=O)CSc1nc(N)nc2sc(C)cc12. The predicted molar refractivity (Wildman–Crippen MR) is 73.9 cm³/mol. The molecule has 0 aliphatic carbocycles. The maximum absolute atomic E-state index is 11.3. The smallest absolute Gasteiger partial charge is 0.316 e. The number of nitrogens with zero attached hydrogens (tertiary/aromatic N) is 2. The number of nitrogens with two attached hydrogens (primary N) is 1. The number of carbonyl (C=O) groups excluding carboxylic acids is 1. The van der Waals surface area contributed by atoms with Gasteiger partial charge in [0.1, 0.15) is 9.86 Å². The van der Waals surface area contributed by atoms with Crippen molar-refractivity contribution >= 4 is 45.2 Å². The fourth-order valence-electron chi connectivity index (χ4n) is 1.47. The van der Waals surface area contributed by atoms with E-state index in [1.807, 2.05) is 13.0 Å². The van der Waals surface area contributed by atoms with Gasteiger partial charge in [-0.1, -0.05) is 11.8 Å². The zero-order chi connectivity index (χ0) is 13.1. The molecule has 0 amide bonds. The summed E-state index contributed by atoms with van der Waals surface area (Å²) in [4.78, 5) is 21.7. The molecule has 0 unspecified atom stereocenters. The maximum atomic E-state index is 11.3. The van der Waals surface area contributed by atoms with Gasteiger partial charge in [-0.05, 0) is 19.9 Å². The molecule has 2 N–H and O–H groups in total. The Morgan fingerprint density at radius 1 is 1.56 bits per heavy atom. The monoisotopic (exact) mass is 283 g/mol. The molecule has 0 saturated heterocycles. The normalized spacial score (nSPS) is 10.8. The molecule has 7 heteroatoms. The third-order valence-electron chi connectivity index (χ3n) is 2.13. The molecular formula is C11H13N3O2S2. The molecule has 2 heterocycles. The van der Waals surface area contributed by atoms with Crippen LogP contribution in [-0.2, 0) is 9.53 Å².